The zero-order chi connectivity index (χ0) is 14.7. The number of hydrogen-bond acceptors (Lipinski definition) is 4. The normalized spacial score (nSPS) is 12.4. The molecular formula is C14H16ClNO3S. The highest BCUT2D eigenvalue weighted by Crippen LogP contribution is 2.24. The number of aromatic nitrogens is 1. The highest BCUT2D eigenvalue weighted by molar-refractivity contribution is 7.83. The van der Waals surface area contributed by atoms with Crippen molar-refractivity contribution in [2.24, 2.45) is 0 Å². The molecule has 1 aromatic heterocycles. The average molecular weight is 314 g/mol. The van der Waals surface area contributed by atoms with Crippen LogP contribution in [0.5, 0.6) is 5.75 Å². The van der Waals surface area contributed by atoms with Crippen LogP contribution in [0, 0.1) is 13.8 Å². The van der Waals surface area contributed by atoms with E-state index in [1.807, 2.05) is 13.8 Å². The molecule has 0 bridgehead atoms. The molecule has 0 saturated heterocycles. The van der Waals surface area contributed by atoms with Crippen LogP contribution in [0.2, 0.25) is 5.02 Å². The summed E-state index contributed by atoms with van der Waals surface area (Å²) in [6.45, 7) is 3.71. The maximum atomic E-state index is 12.2. The molecule has 6 heteroatoms. The zero-order valence-electron chi connectivity index (χ0n) is 11.6. The third-order valence-corrected chi connectivity index (χ3v) is 4.35. The maximum Gasteiger partial charge on any atom is 0.207 e. The van der Waals surface area contributed by atoms with Gasteiger partial charge < -0.3 is 9.15 Å². The van der Waals surface area contributed by atoms with Gasteiger partial charge in [0.05, 0.1) is 18.6 Å². The average Bonchev–Trinajstić information content (AvgIpc) is 2.68. The summed E-state index contributed by atoms with van der Waals surface area (Å²) in [5, 5.41) is 0.598. The van der Waals surface area contributed by atoms with E-state index in [2.05, 4.69) is 4.98 Å². The van der Waals surface area contributed by atoms with Crippen molar-refractivity contribution in [1.29, 1.82) is 0 Å². The third kappa shape index (κ3) is 3.61. The molecule has 2 rings (SSSR count). The molecule has 20 heavy (non-hydrogen) atoms. The van der Waals surface area contributed by atoms with E-state index in [0.29, 0.717) is 22.4 Å². The first-order valence-corrected chi connectivity index (χ1v) is 7.96. The van der Waals surface area contributed by atoms with Gasteiger partial charge in [0.1, 0.15) is 17.3 Å². The molecule has 0 saturated carbocycles. The summed E-state index contributed by atoms with van der Waals surface area (Å²) in [5.74, 6) is 2.58. The van der Waals surface area contributed by atoms with Crippen LogP contribution >= 0.6 is 11.6 Å². The minimum Gasteiger partial charge on any atom is -0.496 e. The van der Waals surface area contributed by atoms with Crippen LogP contribution in [-0.4, -0.2) is 16.3 Å². The van der Waals surface area contributed by atoms with Gasteiger partial charge in [0.2, 0.25) is 5.89 Å². The van der Waals surface area contributed by atoms with Gasteiger partial charge >= 0.3 is 0 Å². The van der Waals surface area contributed by atoms with E-state index in [-0.39, 0.29) is 5.75 Å². The Morgan fingerprint density at radius 3 is 2.70 bits per heavy atom. The number of methoxy groups -OCH3 is 1. The van der Waals surface area contributed by atoms with Crippen LogP contribution in [0.4, 0.5) is 0 Å². The standard InChI is InChI=1S/C14H16ClNO3S/c1-9-10(2)19-14(16-9)8-20(17)7-11-6-12(15)4-5-13(11)18-3/h4-6H,7-8H2,1-3H3/t20-/m0/s1. The monoisotopic (exact) mass is 313 g/mol. The maximum absolute atomic E-state index is 12.2. The van der Waals surface area contributed by atoms with Gasteiger partial charge in [-0.25, -0.2) is 4.98 Å². The van der Waals surface area contributed by atoms with Gasteiger partial charge in [-0.05, 0) is 32.0 Å². The van der Waals surface area contributed by atoms with Gasteiger partial charge in [-0.15, -0.1) is 0 Å². The van der Waals surface area contributed by atoms with Crippen LogP contribution < -0.4 is 4.74 Å². The fourth-order valence-corrected chi connectivity index (χ4v) is 3.09. The molecule has 108 valence electrons. The van der Waals surface area contributed by atoms with E-state index in [9.17, 15) is 4.21 Å². The Morgan fingerprint density at radius 1 is 1.35 bits per heavy atom. The van der Waals surface area contributed by atoms with Crippen LogP contribution in [0.15, 0.2) is 22.6 Å². The predicted octanol–water partition coefficient (Wildman–Crippen LogP) is 3.40. The van der Waals surface area contributed by atoms with Gasteiger partial charge in [0.15, 0.2) is 0 Å². The Labute approximate surface area is 125 Å². The van der Waals surface area contributed by atoms with Crippen molar-refractivity contribution >= 4 is 22.4 Å². The van der Waals surface area contributed by atoms with Crippen molar-refractivity contribution in [3.8, 4) is 5.75 Å². The van der Waals surface area contributed by atoms with E-state index >= 15 is 0 Å². The lowest BCUT2D eigenvalue weighted by Crippen LogP contribution is -2.02. The molecule has 0 spiro atoms. The molecule has 4 nitrogen and oxygen atoms in total. The highest BCUT2D eigenvalue weighted by Gasteiger charge is 2.13. The summed E-state index contributed by atoms with van der Waals surface area (Å²) in [4.78, 5) is 4.23. The lowest BCUT2D eigenvalue weighted by atomic mass is 10.2. The third-order valence-electron chi connectivity index (χ3n) is 2.92. The number of ether oxygens (including phenoxy) is 1. The summed E-state index contributed by atoms with van der Waals surface area (Å²) >= 11 is 5.96. The van der Waals surface area contributed by atoms with E-state index in [0.717, 1.165) is 17.0 Å². The second-order valence-electron chi connectivity index (χ2n) is 4.43. The van der Waals surface area contributed by atoms with Crippen molar-refractivity contribution in [3.05, 3.63) is 46.1 Å². The number of nitrogens with zero attached hydrogens (tertiary/aromatic N) is 1. The molecule has 0 aliphatic heterocycles. The Bertz CT molecular complexity index is 620. The molecule has 0 amide bonds. The van der Waals surface area contributed by atoms with Gasteiger partial charge in [0.25, 0.3) is 0 Å². The molecule has 0 aliphatic rings. The Morgan fingerprint density at radius 2 is 2.10 bits per heavy atom. The number of halogens is 1. The summed E-state index contributed by atoms with van der Waals surface area (Å²) < 4.78 is 22.9. The predicted molar refractivity (Wildman–Crippen MR) is 79.5 cm³/mol. The summed E-state index contributed by atoms with van der Waals surface area (Å²) in [6, 6.07) is 5.28. The van der Waals surface area contributed by atoms with Gasteiger partial charge in [0, 0.05) is 21.4 Å². The minimum absolute atomic E-state index is 0.282. The lowest BCUT2D eigenvalue weighted by Gasteiger charge is -2.08. The molecule has 2 aromatic rings. The fraction of sp³-hybridized carbons (Fsp3) is 0.357. The van der Waals surface area contributed by atoms with Crippen LogP contribution in [0.1, 0.15) is 22.9 Å². The first-order valence-electron chi connectivity index (χ1n) is 6.10. The molecular weight excluding hydrogens is 298 g/mol. The van der Waals surface area contributed by atoms with Gasteiger partial charge in [-0.1, -0.05) is 11.6 Å². The van der Waals surface area contributed by atoms with Crippen molar-refractivity contribution in [2.75, 3.05) is 7.11 Å². The summed E-state index contributed by atoms with van der Waals surface area (Å²) in [5.41, 5.74) is 1.65. The second kappa shape index (κ2) is 6.41. The highest BCUT2D eigenvalue weighted by atomic mass is 35.5. The van der Waals surface area contributed by atoms with Crippen molar-refractivity contribution < 1.29 is 13.4 Å². The molecule has 0 radical (unpaired) electrons. The van der Waals surface area contributed by atoms with Crippen LogP contribution in [-0.2, 0) is 22.3 Å². The summed E-state index contributed by atoms with van der Waals surface area (Å²) in [6.07, 6.45) is 0. The summed E-state index contributed by atoms with van der Waals surface area (Å²) in [7, 11) is 0.448. The molecule has 0 N–H and O–H groups in total. The Balaban J connectivity index is 2.10. The molecule has 1 atom stereocenters. The molecule has 1 aromatic carbocycles. The quantitative estimate of drug-likeness (QED) is 0.849. The topological polar surface area (TPSA) is 52.3 Å². The number of hydrogen-bond donors (Lipinski definition) is 0. The van der Waals surface area contributed by atoms with Crippen LogP contribution in [0.3, 0.4) is 0 Å². The molecule has 1 heterocycles. The Hall–Kier alpha value is -1.33. The number of rotatable bonds is 5. The van der Waals surface area contributed by atoms with Gasteiger partial charge in [-0.2, -0.15) is 0 Å². The largest absolute Gasteiger partial charge is 0.496 e. The van der Waals surface area contributed by atoms with E-state index in [4.69, 9.17) is 20.8 Å². The first kappa shape index (κ1) is 15.1. The van der Waals surface area contributed by atoms with Crippen molar-refractivity contribution in [2.45, 2.75) is 25.4 Å². The number of benzene rings is 1. The van der Waals surface area contributed by atoms with E-state index in [1.54, 1.807) is 25.3 Å². The van der Waals surface area contributed by atoms with E-state index in [1.165, 1.54) is 0 Å². The Kier molecular flexibility index (Phi) is 4.83. The smallest absolute Gasteiger partial charge is 0.207 e. The second-order valence-corrected chi connectivity index (χ2v) is 6.33. The molecule has 0 unspecified atom stereocenters. The van der Waals surface area contributed by atoms with Gasteiger partial charge in [-0.3, -0.25) is 4.21 Å². The van der Waals surface area contributed by atoms with Crippen molar-refractivity contribution in [1.82, 2.24) is 4.98 Å². The van der Waals surface area contributed by atoms with E-state index < -0.39 is 10.8 Å². The minimum atomic E-state index is -1.13. The lowest BCUT2D eigenvalue weighted by molar-refractivity contribution is 0.411. The molecule has 0 fully saturated rings. The SMILES string of the molecule is COc1ccc(Cl)cc1C[S@](=O)Cc1nc(C)c(C)o1. The fourth-order valence-electron chi connectivity index (χ4n) is 1.82. The number of aryl methyl sites for hydroxylation is 2. The molecule has 0 aliphatic carbocycles. The number of oxazole rings is 1. The first-order chi connectivity index (χ1) is 9.49. The van der Waals surface area contributed by atoms with Crippen LogP contribution in [0.25, 0.3) is 0 Å². The zero-order valence-corrected chi connectivity index (χ0v) is 13.2. The van der Waals surface area contributed by atoms with Crippen molar-refractivity contribution in [3.63, 3.8) is 0 Å².